The minimum atomic E-state index is -0.0435. The second-order valence-electron chi connectivity index (χ2n) is 6.07. The maximum absolute atomic E-state index is 12.8. The maximum atomic E-state index is 12.8. The van der Waals surface area contributed by atoms with Crippen LogP contribution in [0.15, 0.2) is 48.5 Å². The summed E-state index contributed by atoms with van der Waals surface area (Å²) in [6, 6.07) is 13.0. The molecule has 0 radical (unpaired) electrons. The Kier molecular flexibility index (Phi) is 6.37. The number of nitrogens with zero attached hydrogens (tertiary/aromatic N) is 1. The van der Waals surface area contributed by atoms with E-state index in [-0.39, 0.29) is 5.91 Å². The number of hydrogen-bond acceptors (Lipinski definition) is 4. The van der Waals surface area contributed by atoms with Gasteiger partial charge in [0.1, 0.15) is 0 Å². The Hall–Kier alpha value is -2.50. The van der Waals surface area contributed by atoms with Gasteiger partial charge in [-0.1, -0.05) is 29.8 Å². The van der Waals surface area contributed by atoms with E-state index in [2.05, 4.69) is 0 Å². The van der Waals surface area contributed by atoms with E-state index in [4.69, 9.17) is 25.8 Å². The molecule has 0 spiro atoms. The SMILES string of the molecule is COc1ccc(/C(=C/C(=O)N2CCOCC2)c2ccc(Cl)cc2)cc1OC. The second-order valence-corrected chi connectivity index (χ2v) is 6.51. The van der Waals surface area contributed by atoms with Crippen LogP contribution >= 0.6 is 11.6 Å². The van der Waals surface area contributed by atoms with E-state index >= 15 is 0 Å². The molecule has 0 saturated carbocycles. The van der Waals surface area contributed by atoms with Gasteiger partial charge in [-0.3, -0.25) is 4.79 Å². The fourth-order valence-electron chi connectivity index (χ4n) is 2.97. The molecule has 5 nitrogen and oxygen atoms in total. The fourth-order valence-corrected chi connectivity index (χ4v) is 3.09. The van der Waals surface area contributed by atoms with Crippen molar-refractivity contribution in [1.29, 1.82) is 0 Å². The van der Waals surface area contributed by atoms with Gasteiger partial charge >= 0.3 is 0 Å². The highest BCUT2D eigenvalue weighted by atomic mass is 35.5. The molecule has 0 N–H and O–H groups in total. The van der Waals surface area contributed by atoms with Crippen LogP contribution < -0.4 is 9.47 Å². The number of carbonyl (C=O) groups is 1. The zero-order valence-electron chi connectivity index (χ0n) is 15.4. The van der Waals surface area contributed by atoms with Crippen molar-refractivity contribution >= 4 is 23.1 Å². The number of amides is 1. The average molecular weight is 388 g/mol. The Labute approximate surface area is 164 Å². The number of carbonyl (C=O) groups excluding carboxylic acids is 1. The van der Waals surface area contributed by atoms with E-state index in [1.165, 1.54) is 0 Å². The van der Waals surface area contributed by atoms with Crippen LogP contribution in [0.3, 0.4) is 0 Å². The summed E-state index contributed by atoms with van der Waals surface area (Å²) in [7, 11) is 3.18. The minimum Gasteiger partial charge on any atom is -0.493 e. The molecule has 1 aliphatic rings. The third kappa shape index (κ3) is 4.62. The highest BCUT2D eigenvalue weighted by Gasteiger charge is 2.17. The van der Waals surface area contributed by atoms with Crippen LogP contribution in [0.25, 0.3) is 5.57 Å². The molecule has 0 atom stereocenters. The molecule has 0 unspecified atom stereocenters. The molecule has 0 aromatic heterocycles. The van der Waals surface area contributed by atoms with E-state index in [1.807, 2.05) is 42.5 Å². The normalized spacial score (nSPS) is 14.8. The van der Waals surface area contributed by atoms with E-state index in [1.54, 1.807) is 25.2 Å². The summed E-state index contributed by atoms with van der Waals surface area (Å²) >= 11 is 6.03. The van der Waals surface area contributed by atoms with E-state index in [9.17, 15) is 4.79 Å². The van der Waals surface area contributed by atoms with E-state index < -0.39 is 0 Å². The first-order valence-electron chi connectivity index (χ1n) is 8.69. The summed E-state index contributed by atoms with van der Waals surface area (Å²) in [5, 5.41) is 0.643. The Balaban J connectivity index is 2.03. The maximum Gasteiger partial charge on any atom is 0.247 e. The van der Waals surface area contributed by atoms with Gasteiger partial charge in [-0.05, 0) is 41.0 Å². The first kappa shape index (κ1) is 19.3. The zero-order chi connectivity index (χ0) is 19.2. The molecule has 1 fully saturated rings. The predicted molar refractivity (Wildman–Crippen MR) is 105 cm³/mol. The quantitative estimate of drug-likeness (QED) is 0.735. The first-order valence-corrected chi connectivity index (χ1v) is 9.07. The van der Waals surface area contributed by atoms with Gasteiger partial charge in [-0.25, -0.2) is 0 Å². The molecular formula is C21H22ClNO4. The Morgan fingerprint density at radius 1 is 1.00 bits per heavy atom. The number of halogens is 1. The standard InChI is InChI=1S/C21H22ClNO4/c1-25-19-8-5-16(13-20(19)26-2)18(15-3-6-17(22)7-4-15)14-21(24)23-9-11-27-12-10-23/h3-8,13-14H,9-12H2,1-2H3/b18-14+. The van der Waals surface area contributed by atoms with Gasteiger partial charge in [0.2, 0.25) is 5.91 Å². The van der Waals surface area contributed by atoms with Crippen molar-refractivity contribution in [2.75, 3.05) is 40.5 Å². The van der Waals surface area contributed by atoms with Crippen molar-refractivity contribution in [2.45, 2.75) is 0 Å². The third-order valence-corrected chi connectivity index (χ3v) is 4.69. The Morgan fingerprint density at radius 2 is 1.63 bits per heavy atom. The predicted octanol–water partition coefficient (Wildman–Crippen LogP) is 3.65. The Morgan fingerprint density at radius 3 is 2.26 bits per heavy atom. The lowest BCUT2D eigenvalue weighted by Crippen LogP contribution is -2.39. The van der Waals surface area contributed by atoms with E-state index in [0.717, 1.165) is 16.7 Å². The van der Waals surface area contributed by atoms with Crippen LogP contribution in [0.1, 0.15) is 11.1 Å². The average Bonchev–Trinajstić information content (AvgIpc) is 2.72. The largest absolute Gasteiger partial charge is 0.493 e. The van der Waals surface area contributed by atoms with Gasteiger partial charge in [-0.2, -0.15) is 0 Å². The van der Waals surface area contributed by atoms with Crippen LogP contribution in [-0.2, 0) is 9.53 Å². The van der Waals surface area contributed by atoms with Gasteiger partial charge in [0, 0.05) is 24.2 Å². The molecule has 142 valence electrons. The van der Waals surface area contributed by atoms with Gasteiger partial charge in [0.15, 0.2) is 11.5 Å². The summed E-state index contributed by atoms with van der Waals surface area (Å²) in [5.74, 6) is 1.20. The molecule has 0 aliphatic carbocycles. The molecule has 2 aromatic rings. The lowest BCUT2D eigenvalue weighted by Gasteiger charge is -2.26. The van der Waals surface area contributed by atoms with Gasteiger partial charge in [0.05, 0.1) is 27.4 Å². The van der Waals surface area contributed by atoms with Crippen molar-refractivity contribution in [3.8, 4) is 11.5 Å². The van der Waals surface area contributed by atoms with Crippen LogP contribution in [0.5, 0.6) is 11.5 Å². The number of morpholine rings is 1. The molecular weight excluding hydrogens is 366 g/mol. The molecule has 3 rings (SSSR count). The lowest BCUT2D eigenvalue weighted by atomic mass is 9.96. The molecule has 0 bridgehead atoms. The number of rotatable bonds is 5. The molecule has 1 saturated heterocycles. The van der Waals surface area contributed by atoms with Crippen molar-refractivity contribution in [3.63, 3.8) is 0 Å². The van der Waals surface area contributed by atoms with Crippen LogP contribution in [-0.4, -0.2) is 51.3 Å². The monoisotopic (exact) mass is 387 g/mol. The smallest absolute Gasteiger partial charge is 0.247 e. The second kappa shape index (κ2) is 8.93. The van der Waals surface area contributed by atoms with Gasteiger partial charge in [-0.15, -0.1) is 0 Å². The summed E-state index contributed by atoms with van der Waals surface area (Å²) < 4.78 is 16.1. The molecule has 2 aromatic carbocycles. The van der Waals surface area contributed by atoms with Gasteiger partial charge in [0.25, 0.3) is 0 Å². The first-order chi connectivity index (χ1) is 13.1. The lowest BCUT2D eigenvalue weighted by molar-refractivity contribution is -0.129. The summed E-state index contributed by atoms with van der Waals surface area (Å²) in [4.78, 5) is 14.6. The number of methoxy groups -OCH3 is 2. The Bertz CT molecular complexity index is 827. The van der Waals surface area contributed by atoms with Crippen LogP contribution in [0.4, 0.5) is 0 Å². The summed E-state index contributed by atoms with van der Waals surface area (Å²) in [6.45, 7) is 2.31. The summed E-state index contributed by atoms with van der Waals surface area (Å²) in [5.41, 5.74) is 2.55. The molecule has 1 amide bonds. The van der Waals surface area contributed by atoms with Crippen molar-refractivity contribution < 1.29 is 19.0 Å². The molecule has 27 heavy (non-hydrogen) atoms. The summed E-state index contributed by atoms with van der Waals surface area (Å²) in [6.07, 6.45) is 1.66. The highest BCUT2D eigenvalue weighted by molar-refractivity contribution is 6.30. The molecule has 1 heterocycles. The minimum absolute atomic E-state index is 0.0435. The zero-order valence-corrected chi connectivity index (χ0v) is 16.2. The van der Waals surface area contributed by atoms with E-state index in [0.29, 0.717) is 42.8 Å². The van der Waals surface area contributed by atoms with Crippen LogP contribution in [0.2, 0.25) is 5.02 Å². The van der Waals surface area contributed by atoms with Gasteiger partial charge < -0.3 is 19.1 Å². The molecule has 6 heteroatoms. The van der Waals surface area contributed by atoms with Crippen molar-refractivity contribution in [2.24, 2.45) is 0 Å². The highest BCUT2D eigenvalue weighted by Crippen LogP contribution is 2.33. The number of ether oxygens (including phenoxy) is 3. The van der Waals surface area contributed by atoms with Crippen molar-refractivity contribution in [1.82, 2.24) is 4.90 Å². The molecule has 1 aliphatic heterocycles. The number of hydrogen-bond donors (Lipinski definition) is 0. The number of benzene rings is 2. The third-order valence-electron chi connectivity index (χ3n) is 4.44. The fraction of sp³-hybridized carbons (Fsp3) is 0.286. The van der Waals surface area contributed by atoms with Crippen LogP contribution in [0, 0.1) is 0 Å². The van der Waals surface area contributed by atoms with Crippen molar-refractivity contribution in [3.05, 3.63) is 64.7 Å². The topological polar surface area (TPSA) is 48.0 Å².